The molecule has 160 valence electrons. The minimum Gasteiger partial charge on any atom is -0.497 e. The molecule has 0 aliphatic carbocycles. The van der Waals surface area contributed by atoms with E-state index in [4.69, 9.17) is 14.3 Å². The molecule has 3 aromatic rings. The first-order valence-electron chi connectivity index (χ1n) is 9.71. The van der Waals surface area contributed by atoms with Crippen molar-refractivity contribution in [1.82, 2.24) is 15.2 Å². The maximum atomic E-state index is 13.1. The molecule has 1 aliphatic heterocycles. The van der Waals surface area contributed by atoms with Crippen LogP contribution in [0.25, 0.3) is 0 Å². The highest BCUT2D eigenvalue weighted by Gasteiger charge is 2.33. The van der Waals surface area contributed by atoms with Gasteiger partial charge in [0.15, 0.2) is 0 Å². The van der Waals surface area contributed by atoms with E-state index in [1.165, 1.54) is 11.8 Å². The first-order valence-corrected chi connectivity index (χ1v) is 12.1. The largest absolute Gasteiger partial charge is 0.497 e. The van der Waals surface area contributed by atoms with Gasteiger partial charge in [0.2, 0.25) is 5.89 Å². The van der Waals surface area contributed by atoms with E-state index in [9.17, 15) is 4.79 Å². The number of aromatic nitrogens is 2. The maximum absolute atomic E-state index is 13.1. The lowest BCUT2D eigenvalue weighted by Crippen LogP contribution is -2.28. The van der Waals surface area contributed by atoms with Crippen LogP contribution in [0.5, 0.6) is 5.75 Å². The van der Waals surface area contributed by atoms with Gasteiger partial charge in [0.25, 0.3) is 11.1 Å². The third-order valence-electron chi connectivity index (χ3n) is 4.81. The van der Waals surface area contributed by atoms with Gasteiger partial charge >= 0.3 is 0 Å². The number of methoxy groups -OCH3 is 1. The molecule has 9 heteroatoms. The Morgan fingerprint density at radius 2 is 1.94 bits per heavy atom. The van der Waals surface area contributed by atoms with E-state index in [0.717, 1.165) is 22.6 Å². The van der Waals surface area contributed by atoms with E-state index >= 15 is 0 Å². The molecule has 0 saturated carbocycles. The SMILES string of the molecule is COc1ccc(C2CC(c3ccccc3)=NN2C(=O)CSc2nnc(CSC)o2)cc1. The maximum Gasteiger partial charge on any atom is 0.277 e. The minimum atomic E-state index is -0.177. The summed E-state index contributed by atoms with van der Waals surface area (Å²) in [6, 6.07) is 17.5. The van der Waals surface area contributed by atoms with Crippen LogP contribution in [0.2, 0.25) is 0 Å². The average Bonchev–Trinajstić information content (AvgIpc) is 3.46. The summed E-state index contributed by atoms with van der Waals surface area (Å²) in [5.74, 6) is 2.04. The van der Waals surface area contributed by atoms with E-state index in [1.807, 2.05) is 60.9 Å². The van der Waals surface area contributed by atoms with Gasteiger partial charge in [-0.1, -0.05) is 54.2 Å². The van der Waals surface area contributed by atoms with E-state index in [2.05, 4.69) is 10.2 Å². The Morgan fingerprint density at radius 1 is 1.16 bits per heavy atom. The molecule has 1 amide bonds. The molecular weight excluding hydrogens is 432 g/mol. The van der Waals surface area contributed by atoms with Crippen LogP contribution in [-0.2, 0) is 10.5 Å². The van der Waals surface area contributed by atoms with Crippen molar-refractivity contribution in [2.75, 3.05) is 19.1 Å². The number of hydrazone groups is 1. The van der Waals surface area contributed by atoms with Gasteiger partial charge in [0.1, 0.15) is 5.75 Å². The fourth-order valence-electron chi connectivity index (χ4n) is 3.30. The van der Waals surface area contributed by atoms with Crippen LogP contribution in [0.15, 0.2) is 69.3 Å². The predicted octanol–water partition coefficient (Wildman–Crippen LogP) is 4.41. The zero-order valence-electron chi connectivity index (χ0n) is 17.2. The highest BCUT2D eigenvalue weighted by Crippen LogP contribution is 2.34. The van der Waals surface area contributed by atoms with Gasteiger partial charge in [-0.15, -0.1) is 10.2 Å². The van der Waals surface area contributed by atoms with Crippen LogP contribution >= 0.6 is 23.5 Å². The molecular formula is C22H22N4O3S2. The number of carbonyl (C=O) groups excluding carboxylic acids is 1. The Balaban J connectivity index is 1.53. The fourth-order valence-corrected chi connectivity index (χ4v) is 4.30. The van der Waals surface area contributed by atoms with Gasteiger partial charge < -0.3 is 9.15 Å². The molecule has 1 aromatic heterocycles. The Labute approximate surface area is 189 Å². The van der Waals surface area contributed by atoms with Crippen LogP contribution in [0, 0.1) is 0 Å². The van der Waals surface area contributed by atoms with Crippen LogP contribution in [0.1, 0.15) is 29.5 Å². The van der Waals surface area contributed by atoms with Crippen molar-refractivity contribution in [3.8, 4) is 5.75 Å². The number of hydrogen-bond acceptors (Lipinski definition) is 8. The van der Waals surface area contributed by atoms with Crippen molar-refractivity contribution in [3.63, 3.8) is 0 Å². The standard InChI is InChI=1S/C22H22N4O3S2/c1-28-17-10-8-16(9-11-17)19-12-18(15-6-4-3-5-7-15)25-26(19)21(27)14-31-22-24-23-20(29-22)13-30-2/h3-11,19H,12-14H2,1-2H3. The van der Waals surface area contributed by atoms with Crippen molar-refractivity contribution in [2.24, 2.45) is 5.10 Å². The molecule has 0 saturated heterocycles. The molecule has 1 atom stereocenters. The summed E-state index contributed by atoms with van der Waals surface area (Å²) in [6.45, 7) is 0. The number of benzene rings is 2. The summed E-state index contributed by atoms with van der Waals surface area (Å²) in [4.78, 5) is 13.1. The normalized spacial score (nSPS) is 15.7. The lowest BCUT2D eigenvalue weighted by Gasteiger charge is -2.22. The number of hydrogen-bond donors (Lipinski definition) is 0. The van der Waals surface area contributed by atoms with Gasteiger partial charge in [0.05, 0.1) is 30.4 Å². The molecule has 31 heavy (non-hydrogen) atoms. The number of thioether (sulfide) groups is 2. The molecule has 1 unspecified atom stereocenters. The van der Waals surface area contributed by atoms with E-state index in [-0.39, 0.29) is 17.7 Å². The Hall–Kier alpha value is -2.78. The third kappa shape index (κ3) is 5.11. The Bertz CT molecular complexity index is 1050. The molecule has 0 bridgehead atoms. The number of carbonyl (C=O) groups is 1. The Morgan fingerprint density at radius 3 is 2.65 bits per heavy atom. The molecule has 1 aliphatic rings. The first kappa shape index (κ1) is 21.5. The van der Waals surface area contributed by atoms with Gasteiger partial charge in [-0.25, -0.2) is 5.01 Å². The minimum absolute atomic E-state index is 0.110. The number of nitrogens with zero attached hydrogens (tertiary/aromatic N) is 4. The first-order chi connectivity index (χ1) is 15.2. The van der Waals surface area contributed by atoms with Crippen molar-refractivity contribution in [3.05, 3.63) is 71.6 Å². The van der Waals surface area contributed by atoms with Crippen LogP contribution in [0.3, 0.4) is 0 Å². The molecule has 0 radical (unpaired) electrons. The van der Waals surface area contributed by atoms with Crippen LogP contribution in [-0.4, -0.2) is 45.9 Å². The number of rotatable bonds is 8. The van der Waals surface area contributed by atoms with Crippen LogP contribution < -0.4 is 4.74 Å². The Kier molecular flexibility index (Phi) is 6.93. The van der Waals surface area contributed by atoms with Crippen LogP contribution in [0.4, 0.5) is 0 Å². The molecule has 2 heterocycles. The summed E-state index contributed by atoms with van der Waals surface area (Å²) >= 11 is 2.84. The van der Waals surface area contributed by atoms with Gasteiger partial charge in [0, 0.05) is 6.42 Å². The molecule has 2 aromatic carbocycles. The monoisotopic (exact) mass is 454 g/mol. The van der Waals surface area contributed by atoms with E-state index in [1.54, 1.807) is 23.9 Å². The van der Waals surface area contributed by atoms with Crippen molar-refractivity contribution < 1.29 is 13.9 Å². The van der Waals surface area contributed by atoms with Gasteiger partial charge in [-0.05, 0) is 29.5 Å². The number of ether oxygens (including phenoxy) is 1. The summed E-state index contributed by atoms with van der Waals surface area (Å²) < 4.78 is 10.8. The molecule has 0 fully saturated rings. The lowest BCUT2D eigenvalue weighted by molar-refractivity contribution is -0.130. The van der Waals surface area contributed by atoms with Crippen molar-refractivity contribution in [1.29, 1.82) is 0 Å². The second kappa shape index (κ2) is 10.0. The zero-order valence-corrected chi connectivity index (χ0v) is 18.9. The summed E-state index contributed by atoms with van der Waals surface area (Å²) in [5.41, 5.74) is 2.91. The van der Waals surface area contributed by atoms with Gasteiger partial charge in [-0.2, -0.15) is 16.9 Å². The molecule has 7 nitrogen and oxygen atoms in total. The highest BCUT2D eigenvalue weighted by molar-refractivity contribution is 7.99. The van der Waals surface area contributed by atoms with Crippen molar-refractivity contribution in [2.45, 2.75) is 23.4 Å². The topological polar surface area (TPSA) is 80.8 Å². The van der Waals surface area contributed by atoms with Gasteiger partial charge in [-0.3, -0.25) is 4.79 Å². The third-order valence-corrected chi connectivity index (χ3v) is 6.15. The average molecular weight is 455 g/mol. The number of amides is 1. The fraction of sp³-hybridized carbons (Fsp3) is 0.273. The lowest BCUT2D eigenvalue weighted by atomic mass is 9.98. The molecule has 0 N–H and O–H groups in total. The zero-order chi connectivity index (χ0) is 21.6. The summed E-state index contributed by atoms with van der Waals surface area (Å²) in [6.07, 6.45) is 2.61. The van der Waals surface area contributed by atoms with Crippen molar-refractivity contribution >= 4 is 35.1 Å². The smallest absolute Gasteiger partial charge is 0.277 e. The quantitative estimate of drug-likeness (QED) is 0.466. The molecule has 4 rings (SSSR count). The van der Waals surface area contributed by atoms with E-state index in [0.29, 0.717) is 23.3 Å². The summed E-state index contributed by atoms with van der Waals surface area (Å²) in [7, 11) is 1.64. The second-order valence-electron chi connectivity index (χ2n) is 6.83. The highest BCUT2D eigenvalue weighted by atomic mass is 32.2. The summed E-state index contributed by atoms with van der Waals surface area (Å²) in [5, 5.41) is 14.7. The molecule has 0 spiro atoms. The predicted molar refractivity (Wildman–Crippen MR) is 122 cm³/mol. The van der Waals surface area contributed by atoms with E-state index < -0.39 is 0 Å². The second-order valence-corrected chi connectivity index (χ2v) is 8.62.